The molecule has 2 aromatic rings. The first kappa shape index (κ1) is 19.4. The van der Waals surface area contributed by atoms with E-state index in [0.29, 0.717) is 16.4 Å². The van der Waals surface area contributed by atoms with Crippen molar-refractivity contribution in [2.24, 2.45) is 0 Å². The summed E-state index contributed by atoms with van der Waals surface area (Å²) < 4.78 is 0.814. The first-order chi connectivity index (χ1) is 11.9. The molecule has 2 atom stereocenters. The van der Waals surface area contributed by atoms with Crippen LogP contribution < -0.4 is 15.5 Å². The van der Waals surface area contributed by atoms with Crippen molar-refractivity contribution in [1.82, 2.24) is 0 Å². The summed E-state index contributed by atoms with van der Waals surface area (Å²) in [7, 11) is 1.81. The zero-order valence-corrected chi connectivity index (χ0v) is 16.3. The number of quaternary nitrogens is 1. The Kier molecular flexibility index (Phi) is 6.99. The molecular formula is C18H20BrClN3O2+. The topological polar surface area (TPSA) is 62.6 Å². The quantitative estimate of drug-likeness (QED) is 0.666. The molecule has 2 aromatic carbocycles. The van der Waals surface area contributed by atoms with Crippen molar-refractivity contribution in [3.05, 3.63) is 58.0 Å². The first-order valence-electron chi connectivity index (χ1n) is 7.80. The van der Waals surface area contributed by atoms with Crippen molar-refractivity contribution in [2.75, 3.05) is 24.2 Å². The number of rotatable bonds is 6. The molecule has 5 nitrogen and oxygen atoms in total. The fourth-order valence-electron chi connectivity index (χ4n) is 2.17. The van der Waals surface area contributed by atoms with Crippen LogP contribution in [-0.2, 0) is 9.59 Å². The Morgan fingerprint density at radius 3 is 2.40 bits per heavy atom. The fraction of sp³-hybridized carbons (Fsp3) is 0.222. The highest BCUT2D eigenvalue weighted by atomic mass is 79.9. The van der Waals surface area contributed by atoms with Crippen molar-refractivity contribution in [3.63, 3.8) is 0 Å². The summed E-state index contributed by atoms with van der Waals surface area (Å²) in [6.45, 7) is 1.96. The van der Waals surface area contributed by atoms with Crippen molar-refractivity contribution in [3.8, 4) is 0 Å². The predicted molar refractivity (Wildman–Crippen MR) is 104 cm³/mol. The Labute approximate surface area is 160 Å². The van der Waals surface area contributed by atoms with Crippen molar-refractivity contribution in [2.45, 2.75) is 13.0 Å². The average Bonchev–Trinajstić information content (AvgIpc) is 2.58. The smallest absolute Gasteiger partial charge is 0.282 e. The van der Waals surface area contributed by atoms with Crippen LogP contribution in [0.15, 0.2) is 53.0 Å². The summed E-state index contributed by atoms with van der Waals surface area (Å²) in [5, 5.41) is 6.27. The van der Waals surface area contributed by atoms with Gasteiger partial charge in [-0.3, -0.25) is 9.59 Å². The SMILES string of the molecule is C[C@@H](C(=O)Nc1ccc(Cl)cc1)[NH+](C)CC(=O)Nc1ccccc1Br. The second kappa shape index (κ2) is 8.99. The Morgan fingerprint density at radius 1 is 1.12 bits per heavy atom. The van der Waals surface area contributed by atoms with Gasteiger partial charge in [-0.2, -0.15) is 0 Å². The van der Waals surface area contributed by atoms with E-state index in [2.05, 4.69) is 26.6 Å². The minimum absolute atomic E-state index is 0.157. The number of hydrogen-bond donors (Lipinski definition) is 3. The zero-order chi connectivity index (χ0) is 18.4. The molecule has 0 spiro atoms. The molecule has 0 heterocycles. The number of amides is 2. The van der Waals surface area contributed by atoms with Gasteiger partial charge in [-0.15, -0.1) is 0 Å². The number of benzene rings is 2. The third kappa shape index (κ3) is 5.85. The zero-order valence-electron chi connectivity index (χ0n) is 14.0. The number of carbonyl (C=O) groups is 2. The van der Waals surface area contributed by atoms with E-state index in [1.165, 1.54) is 0 Å². The predicted octanol–water partition coefficient (Wildman–Crippen LogP) is 2.58. The van der Waals surface area contributed by atoms with Crippen molar-refractivity contribution < 1.29 is 14.5 Å². The number of carbonyl (C=O) groups excluding carboxylic acids is 2. The fourth-order valence-corrected chi connectivity index (χ4v) is 2.68. The molecule has 0 radical (unpaired) electrons. The molecule has 0 aliphatic carbocycles. The largest absolute Gasteiger partial charge is 0.321 e. The Bertz CT molecular complexity index is 752. The normalized spacial score (nSPS) is 13.0. The molecule has 25 heavy (non-hydrogen) atoms. The molecule has 0 aliphatic heterocycles. The van der Waals surface area contributed by atoms with Crippen LogP contribution in [0.1, 0.15) is 6.92 Å². The van der Waals surface area contributed by atoms with Crippen molar-refractivity contribution >= 4 is 50.7 Å². The highest BCUT2D eigenvalue weighted by Gasteiger charge is 2.24. The molecule has 3 N–H and O–H groups in total. The highest BCUT2D eigenvalue weighted by Crippen LogP contribution is 2.20. The molecular weight excluding hydrogens is 406 g/mol. The maximum Gasteiger partial charge on any atom is 0.282 e. The second-order valence-corrected chi connectivity index (χ2v) is 7.06. The van der Waals surface area contributed by atoms with Crippen LogP contribution in [0.4, 0.5) is 11.4 Å². The summed E-state index contributed by atoms with van der Waals surface area (Å²) in [4.78, 5) is 25.3. The van der Waals surface area contributed by atoms with E-state index >= 15 is 0 Å². The second-order valence-electron chi connectivity index (χ2n) is 5.77. The third-order valence-electron chi connectivity index (χ3n) is 3.83. The van der Waals surface area contributed by atoms with Crippen LogP contribution >= 0.6 is 27.5 Å². The van der Waals surface area contributed by atoms with E-state index in [-0.39, 0.29) is 24.4 Å². The Morgan fingerprint density at radius 2 is 1.76 bits per heavy atom. The third-order valence-corrected chi connectivity index (χ3v) is 4.78. The molecule has 0 bridgehead atoms. The van der Waals surface area contributed by atoms with Gasteiger partial charge >= 0.3 is 0 Å². The van der Waals surface area contributed by atoms with E-state index in [1.807, 2.05) is 31.3 Å². The average molecular weight is 426 g/mol. The van der Waals surface area contributed by atoms with Gasteiger partial charge in [0.25, 0.3) is 11.8 Å². The van der Waals surface area contributed by atoms with E-state index in [0.717, 1.165) is 9.37 Å². The lowest BCUT2D eigenvalue weighted by atomic mass is 10.2. The molecule has 0 saturated heterocycles. The Balaban J connectivity index is 1.89. The minimum atomic E-state index is -0.388. The van der Waals surface area contributed by atoms with Gasteiger partial charge in [0.1, 0.15) is 0 Å². The number of halogens is 2. The molecule has 2 rings (SSSR count). The maximum absolute atomic E-state index is 12.3. The van der Waals surface area contributed by atoms with E-state index < -0.39 is 0 Å². The summed E-state index contributed by atoms with van der Waals surface area (Å²) in [6, 6.07) is 13.9. The van der Waals surface area contributed by atoms with Gasteiger partial charge in [0.05, 0.1) is 12.7 Å². The van der Waals surface area contributed by atoms with Gasteiger partial charge in [0.15, 0.2) is 12.6 Å². The van der Waals surface area contributed by atoms with Gasteiger partial charge in [-0.1, -0.05) is 23.7 Å². The lowest BCUT2D eigenvalue weighted by Gasteiger charge is -2.20. The van der Waals surface area contributed by atoms with Gasteiger partial charge < -0.3 is 15.5 Å². The van der Waals surface area contributed by atoms with Gasteiger partial charge in [0, 0.05) is 15.2 Å². The number of nitrogens with one attached hydrogen (secondary N) is 3. The Hall–Kier alpha value is -1.89. The van der Waals surface area contributed by atoms with Crippen LogP contribution in [0.3, 0.4) is 0 Å². The van der Waals surface area contributed by atoms with E-state index in [9.17, 15) is 9.59 Å². The van der Waals surface area contributed by atoms with E-state index in [1.54, 1.807) is 31.2 Å². The van der Waals surface area contributed by atoms with Crippen LogP contribution in [0.5, 0.6) is 0 Å². The van der Waals surface area contributed by atoms with Gasteiger partial charge in [0.2, 0.25) is 0 Å². The maximum atomic E-state index is 12.3. The standard InChI is InChI=1S/C18H19BrClN3O2/c1-12(18(25)21-14-9-7-13(20)8-10-14)23(2)11-17(24)22-16-6-4-3-5-15(16)19/h3-10,12H,11H2,1-2H3,(H,21,25)(H,22,24)/p+1/t12-/m0/s1. The summed E-state index contributed by atoms with van der Waals surface area (Å²) in [5.41, 5.74) is 1.38. The highest BCUT2D eigenvalue weighted by molar-refractivity contribution is 9.10. The van der Waals surface area contributed by atoms with Crippen LogP contribution in [0.2, 0.25) is 5.02 Å². The summed E-state index contributed by atoms with van der Waals surface area (Å²) >= 11 is 9.22. The molecule has 0 aliphatic rings. The van der Waals surface area contributed by atoms with Gasteiger partial charge in [-0.25, -0.2) is 0 Å². The lowest BCUT2D eigenvalue weighted by molar-refractivity contribution is -0.885. The monoisotopic (exact) mass is 424 g/mol. The van der Waals surface area contributed by atoms with Gasteiger partial charge in [-0.05, 0) is 59.3 Å². The van der Waals surface area contributed by atoms with Crippen LogP contribution in [-0.4, -0.2) is 31.4 Å². The first-order valence-corrected chi connectivity index (χ1v) is 8.97. The summed E-state index contributed by atoms with van der Waals surface area (Å²) in [6.07, 6.45) is 0. The minimum Gasteiger partial charge on any atom is -0.321 e. The number of hydrogen-bond acceptors (Lipinski definition) is 2. The molecule has 0 saturated carbocycles. The molecule has 0 aromatic heterocycles. The van der Waals surface area contributed by atoms with Crippen LogP contribution in [0.25, 0.3) is 0 Å². The number of anilines is 2. The van der Waals surface area contributed by atoms with Crippen LogP contribution in [0, 0.1) is 0 Å². The summed E-state index contributed by atoms with van der Waals surface area (Å²) in [5.74, 6) is -0.316. The molecule has 132 valence electrons. The molecule has 7 heteroatoms. The molecule has 1 unspecified atom stereocenters. The number of likely N-dealkylation sites (N-methyl/N-ethyl adjacent to an activating group) is 1. The van der Waals surface area contributed by atoms with E-state index in [4.69, 9.17) is 11.6 Å². The molecule has 2 amide bonds. The lowest BCUT2D eigenvalue weighted by Crippen LogP contribution is -3.14. The number of para-hydroxylation sites is 1. The van der Waals surface area contributed by atoms with Crippen molar-refractivity contribution in [1.29, 1.82) is 0 Å². The molecule has 0 fully saturated rings.